The average Bonchev–Trinajstić information content (AvgIpc) is 2.18. The van der Waals surface area contributed by atoms with Crippen molar-refractivity contribution < 1.29 is 0 Å². The standard InChI is InChI=1S/C10H19N.C2H6/c1-5-7-10(4)11-8-9(3)6-2;1-2/h8H,5-7H2,1-4H3;1-2H3/b9-8-,11-10?;. The van der Waals surface area contributed by atoms with Gasteiger partial charge in [0.15, 0.2) is 0 Å². The summed E-state index contributed by atoms with van der Waals surface area (Å²) in [5.74, 6) is 0. The van der Waals surface area contributed by atoms with Crippen LogP contribution in [0, 0.1) is 0 Å². The first-order valence-electron chi connectivity index (χ1n) is 5.39. The van der Waals surface area contributed by atoms with Crippen molar-refractivity contribution in [2.75, 3.05) is 0 Å². The highest BCUT2D eigenvalue weighted by atomic mass is 14.7. The number of hydrogen-bond acceptors (Lipinski definition) is 1. The van der Waals surface area contributed by atoms with Gasteiger partial charge in [0.05, 0.1) is 0 Å². The number of hydrogen-bond donors (Lipinski definition) is 0. The predicted molar refractivity (Wildman–Crippen MR) is 63.4 cm³/mol. The second-order valence-corrected chi connectivity index (χ2v) is 2.94. The van der Waals surface area contributed by atoms with Gasteiger partial charge in [0, 0.05) is 11.9 Å². The molecule has 0 heterocycles. The number of rotatable bonds is 4. The zero-order valence-electron chi connectivity index (χ0n) is 10.1. The van der Waals surface area contributed by atoms with Crippen molar-refractivity contribution in [2.24, 2.45) is 4.99 Å². The Morgan fingerprint density at radius 3 is 2.08 bits per heavy atom. The highest BCUT2D eigenvalue weighted by Crippen LogP contribution is 1.99. The summed E-state index contributed by atoms with van der Waals surface area (Å²) in [5, 5.41) is 0. The fourth-order valence-corrected chi connectivity index (χ4v) is 0.738. The monoisotopic (exact) mass is 183 g/mol. The Balaban J connectivity index is 0. The Hall–Kier alpha value is -0.590. The normalized spacial score (nSPS) is 12.2. The second-order valence-electron chi connectivity index (χ2n) is 2.94. The van der Waals surface area contributed by atoms with Crippen molar-refractivity contribution >= 4 is 5.71 Å². The van der Waals surface area contributed by atoms with Gasteiger partial charge in [-0.2, -0.15) is 0 Å². The van der Waals surface area contributed by atoms with E-state index in [9.17, 15) is 0 Å². The van der Waals surface area contributed by atoms with Gasteiger partial charge in [0.25, 0.3) is 0 Å². The van der Waals surface area contributed by atoms with Gasteiger partial charge in [-0.05, 0) is 26.7 Å². The van der Waals surface area contributed by atoms with Gasteiger partial charge in [-0.1, -0.05) is 39.7 Å². The first-order chi connectivity index (χ1) is 6.20. The number of allylic oxidation sites excluding steroid dienone is 1. The molecule has 0 aliphatic rings. The lowest BCUT2D eigenvalue weighted by molar-refractivity contribution is 0.985. The van der Waals surface area contributed by atoms with Gasteiger partial charge in [-0.25, -0.2) is 0 Å². The molecule has 1 nitrogen and oxygen atoms in total. The molecule has 0 aliphatic heterocycles. The highest BCUT2D eigenvalue weighted by Gasteiger charge is 1.86. The van der Waals surface area contributed by atoms with E-state index in [-0.39, 0.29) is 0 Å². The Labute approximate surface area is 84.0 Å². The third-order valence-electron chi connectivity index (χ3n) is 1.67. The van der Waals surface area contributed by atoms with Gasteiger partial charge < -0.3 is 0 Å². The molecule has 0 aromatic carbocycles. The Bertz CT molecular complexity index is 155. The molecule has 0 aliphatic carbocycles. The van der Waals surface area contributed by atoms with Gasteiger partial charge in [-0.3, -0.25) is 4.99 Å². The van der Waals surface area contributed by atoms with Crippen LogP contribution >= 0.6 is 0 Å². The maximum Gasteiger partial charge on any atom is 0.0256 e. The molecule has 0 amide bonds. The predicted octanol–water partition coefficient (Wildman–Crippen LogP) is 4.59. The molecule has 0 unspecified atom stereocenters. The average molecular weight is 183 g/mol. The molecule has 0 aromatic heterocycles. The quantitative estimate of drug-likeness (QED) is 0.565. The first-order valence-corrected chi connectivity index (χ1v) is 5.39. The van der Waals surface area contributed by atoms with E-state index in [1.807, 2.05) is 20.0 Å². The van der Waals surface area contributed by atoms with Crippen LogP contribution in [0.2, 0.25) is 0 Å². The first kappa shape index (κ1) is 14.9. The molecule has 0 bridgehead atoms. The fraction of sp³-hybridized carbons (Fsp3) is 0.750. The van der Waals surface area contributed by atoms with E-state index < -0.39 is 0 Å². The Kier molecular flexibility index (Phi) is 13.1. The minimum Gasteiger partial charge on any atom is -0.266 e. The molecular formula is C12H25N. The van der Waals surface area contributed by atoms with Gasteiger partial charge in [0.1, 0.15) is 0 Å². The van der Waals surface area contributed by atoms with Crippen LogP contribution in [0.3, 0.4) is 0 Å². The summed E-state index contributed by atoms with van der Waals surface area (Å²) in [4.78, 5) is 4.34. The molecule has 0 aromatic rings. The maximum atomic E-state index is 4.34. The van der Waals surface area contributed by atoms with Crippen molar-refractivity contribution in [3.8, 4) is 0 Å². The molecule has 0 fully saturated rings. The van der Waals surface area contributed by atoms with Gasteiger partial charge >= 0.3 is 0 Å². The van der Waals surface area contributed by atoms with Crippen molar-refractivity contribution in [1.29, 1.82) is 0 Å². The van der Waals surface area contributed by atoms with Crippen LogP contribution in [0.25, 0.3) is 0 Å². The summed E-state index contributed by atoms with van der Waals surface area (Å²) in [7, 11) is 0. The fourth-order valence-electron chi connectivity index (χ4n) is 0.738. The lowest BCUT2D eigenvalue weighted by Crippen LogP contribution is -1.87. The zero-order valence-corrected chi connectivity index (χ0v) is 10.1. The molecular weight excluding hydrogens is 158 g/mol. The zero-order chi connectivity index (χ0) is 10.7. The summed E-state index contributed by atoms with van der Waals surface area (Å²) in [6.07, 6.45) is 5.38. The Morgan fingerprint density at radius 2 is 1.69 bits per heavy atom. The second kappa shape index (κ2) is 11.4. The third kappa shape index (κ3) is 11.4. The molecule has 0 spiro atoms. The summed E-state index contributed by atoms with van der Waals surface area (Å²) < 4.78 is 0. The van der Waals surface area contributed by atoms with Crippen molar-refractivity contribution in [3.05, 3.63) is 11.8 Å². The molecule has 0 radical (unpaired) electrons. The van der Waals surface area contributed by atoms with Crippen LogP contribution in [0.15, 0.2) is 16.8 Å². The third-order valence-corrected chi connectivity index (χ3v) is 1.67. The lowest BCUT2D eigenvalue weighted by Gasteiger charge is -1.94. The minimum atomic E-state index is 1.10. The largest absolute Gasteiger partial charge is 0.266 e. The molecule has 0 atom stereocenters. The smallest absolute Gasteiger partial charge is 0.0256 e. The van der Waals surface area contributed by atoms with E-state index in [1.165, 1.54) is 17.7 Å². The van der Waals surface area contributed by atoms with E-state index in [4.69, 9.17) is 0 Å². The van der Waals surface area contributed by atoms with Gasteiger partial charge in [-0.15, -0.1) is 0 Å². The number of nitrogens with zero attached hydrogens (tertiary/aromatic N) is 1. The highest BCUT2D eigenvalue weighted by molar-refractivity contribution is 5.82. The van der Waals surface area contributed by atoms with Gasteiger partial charge in [0.2, 0.25) is 0 Å². The van der Waals surface area contributed by atoms with E-state index in [2.05, 4.69) is 32.7 Å². The lowest BCUT2D eigenvalue weighted by atomic mass is 10.2. The summed E-state index contributed by atoms with van der Waals surface area (Å²) >= 11 is 0. The van der Waals surface area contributed by atoms with E-state index in [0.29, 0.717) is 0 Å². The van der Waals surface area contributed by atoms with E-state index in [1.54, 1.807) is 0 Å². The van der Waals surface area contributed by atoms with Crippen LogP contribution < -0.4 is 0 Å². The topological polar surface area (TPSA) is 12.4 Å². The summed E-state index contributed by atoms with van der Waals surface area (Å²) in [5.41, 5.74) is 2.58. The van der Waals surface area contributed by atoms with Crippen LogP contribution in [0.5, 0.6) is 0 Å². The Morgan fingerprint density at radius 1 is 1.15 bits per heavy atom. The van der Waals surface area contributed by atoms with Crippen LogP contribution in [-0.2, 0) is 0 Å². The molecule has 13 heavy (non-hydrogen) atoms. The molecule has 0 saturated carbocycles. The summed E-state index contributed by atoms with van der Waals surface area (Å²) in [6, 6.07) is 0. The van der Waals surface area contributed by atoms with Crippen LogP contribution in [0.1, 0.15) is 60.8 Å². The van der Waals surface area contributed by atoms with Crippen LogP contribution in [0.4, 0.5) is 0 Å². The molecule has 78 valence electrons. The SMILES string of the molecule is CC.CCCC(C)=N/C=C(/C)CC. The van der Waals surface area contributed by atoms with Crippen molar-refractivity contribution in [3.63, 3.8) is 0 Å². The van der Waals surface area contributed by atoms with E-state index in [0.717, 1.165) is 12.8 Å². The van der Waals surface area contributed by atoms with Crippen molar-refractivity contribution in [2.45, 2.75) is 60.8 Å². The number of aliphatic imine (C=N–C) groups is 1. The molecule has 0 saturated heterocycles. The molecule has 1 heteroatoms. The molecule has 0 N–H and O–H groups in total. The maximum absolute atomic E-state index is 4.34. The van der Waals surface area contributed by atoms with Crippen molar-refractivity contribution in [1.82, 2.24) is 0 Å². The van der Waals surface area contributed by atoms with Crippen LogP contribution in [-0.4, -0.2) is 5.71 Å². The van der Waals surface area contributed by atoms with E-state index >= 15 is 0 Å². The minimum absolute atomic E-state index is 1.10. The summed E-state index contributed by atoms with van der Waals surface area (Å²) in [6.45, 7) is 12.5. The molecule has 0 rings (SSSR count).